The van der Waals surface area contributed by atoms with E-state index in [0.717, 1.165) is 18.2 Å². The van der Waals surface area contributed by atoms with Gasteiger partial charge in [-0.3, -0.25) is 4.79 Å². The minimum absolute atomic E-state index is 0.135. The maximum Gasteiger partial charge on any atom is 0.219 e. The fraction of sp³-hybridized carbons (Fsp3) is 0.833. The van der Waals surface area contributed by atoms with Crippen molar-refractivity contribution < 1.29 is 4.79 Å². The Bertz CT molecular complexity index is 85.1. The van der Waals surface area contributed by atoms with Crippen LogP contribution in [0.1, 0.15) is 19.3 Å². The lowest BCUT2D eigenvalue weighted by Crippen LogP contribution is -2.16. The molecule has 0 aromatic rings. The average Bonchev–Trinajstić information content (AvgIpc) is 1.89. The third-order valence-corrected chi connectivity index (χ3v) is 1.63. The second kappa shape index (κ2) is 6.08. The zero-order valence-electron chi connectivity index (χ0n) is 5.61. The van der Waals surface area contributed by atoms with Crippen LogP contribution in [0.5, 0.6) is 0 Å². The van der Waals surface area contributed by atoms with E-state index in [2.05, 4.69) is 21.2 Å². The molecular weight excluding hydrogens is 182 g/mol. The predicted octanol–water partition coefficient (Wildman–Crippen LogP) is 1.30. The number of hydrogen-bond donors (Lipinski definition) is 1. The Morgan fingerprint density at radius 3 is 2.67 bits per heavy atom. The highest BCUT2D eigenvalue weighted by Gasteiger charge is 1.94. The van der Waals surface area contributed by atoms with E-state index in [9.17, 15) is 4.79 Å². The van der Waals surface area contributed by atoms with Gasteiger partial charge in [-0.1, -0.05) is 15.9 Å². The number of amides is 1. The summed E-state index contributed by atoms with van der Waals surface area (Å²) in [6, 6.07) is 0. The molecule has 0 bridgehead atoms. The molecule has 0 atom stereocenters. The number of unbranched alkanes of at least 4 members (excludes halogenated alkanes) is 1. The zero-order valence-corrected chi connectivity index (χ0v) is 7.20. The standard InChI is InChI=1S/C6H12BrNO/c1-8-6(9)4-2-3-5-7/h2-5H2,1H3,(H,8,9). The molecule has 9 heavy (non-hydrogen) atoms. The third kappa shape index (κ3) is 5.83. The van der Waals surface area contributed by atoms with Crippen LogP contribution in [0, 0.1) is 0 Å². The smallest absolute Gasteiger partial charge is 0.219 e. The normalized spacial score (nSPS) is 9.11. The first-order valence-electron chi connectivity index (χ1n) is 3.07. The van der Waals surface area contributed by atoms with E-state index in [1.165, 1.54) is 0 Å². The van der Waals surface area contributed by atoms with Gasteiger partial charge in [-0.25, -0.2) is 0 Å². The summed E-state index contributed by atoms with van der Waals surface area (Å²) in [5.41, 5.74) is 0. The van der Waals surface area contributed by atoms with E-state index in [4.69, 9.17) is 0 Å². The van der Waals surface area contributed by atoms with Gasteiger partial charge in [0, 0.05) is 18.8 Å². The van der Waals surface area contributed by atoms with Crippen molar-refractivity contribution in [2.45, 2.75) is 19.3 Å². The third-order valence-electron chi connectivity index (χ3n) is 1.07. The molecule has 3 heteroatoms. The van der Waals surface area contributed by atoms with Gasteiger partial charge in [0.2, 0.25) is 5.91 Å². The lowest BCUT2D eigenvalue weighted by Gasteiger charge is -1.95. The summed E-state index contributed by atoms with van der Waals surface area (Å²) in [4.78, 5) is 10.6. The molecule has 0 radical (unpaired) electrons. The minimum Gasteiger partial charge on any atom is -0.359 e. The Labute approximate surface area is 64.1 Å². The molecule has 0 saturated heterocycles. The first-order valence-corrected chi connectivity index (χ1v) is 4.20. The molecule has 0 aliphatic heterocycles. The van der Waals surface area contributed by atoms with Crippen molar-refractivity contribution in [3.63, 3.8) is 0 Å². The molecule has 0 aliphatic rings. The van der Waals surface area contributed by atoms with Crippen molar-refractivity contribution in [3.05, 3.63) is 0 Å². The second-order valence-electron chi connectivity index (χ2n) is 1.82. The van der Waals surface area contributed by atoms with Crippen LogP contribution in [-0.2, 0) is 4.79 Å². The fourth-order valence-electron chi connectivity index (χ4n) is 0.505. The Morgan fingerprint density at radius 1 is 1.56 bits per heavy atom. The SMILES string of the molecule is CNC(=O)CCCCBr. The highest BCUT2D eigenvalue weighted by atomic mass is 79.9. The molecule has 0 unspecified atom stereocenters. The van der Waals surface area contributed by atoms with Crippen LogP contribution < -0.4 is 5.32 Å². The summed E-state index contributed by atoms with van der Waals surface area (Å²) in [5.74, 6) is 0.135. The van der Waals surface area contributed by atoms with E-state index >= 15 is 0 Å². The zero-order chi connectivity index (χ0) is 7.11. The van der Waals surface area contributed by atoms with E-state index in [0.29, 0.717) is 6.42 Å². The summed E-state index contributed by atoms with van der Waals surface area (Å²) in [6.07, 6.45) is 2.71. The Hall–Kier alpha value is -0.0500. The number of carbonyl (C=O) groups is 1. The largest absolute Gasteiger partial charge is 0.359 e. The molecule has 54 valence electrons. The minimum atomic E-state index is 0.135. The number of rotatable bonds is 4. The summed E-state index contributed by atoms with van der Waals surface area (Å²) >= 11 is 3.29. The van der Waals surface area contributed by atoms with Gasteiger partial charge >= 0.3 is 0 Å². The summed E-state index contributed by atoms with van der Waals surface area (Å²) in [5, 5.41) is 3.56. The maximum atomic E-state index is 10.6. The molecule has 0 aliphatic carbocycles. The van der Waals surface area contributed by atoms with Crippen LogP contribution in [-0.4, -0.2) is 18.3 Å². The molecule has 0 rings (SSSR count). The first kappa shape index (κ1) is 8.95. The van der Waals surface area contributed by atoms with Gasteiger partial charge in [-0.2, -0.15) is 0 Å². The van der Waals surface area contributed by atoms with E-state index in [1.807, 2.05) is 0 Å². The van der Waals surface area contributed by atoms with E-state index < -0.39 is 0 Å². The highest BCUT2D eigenvalue weighted by molar-refractivity contribution is 9.09. The quantitative estimate of drug-likeness (QED) is 0.530. The second-order valence-corrected chi connectivity index (χ2v) is 2.61. The molecular formula is C6H12BrNO. The van der Waals surface area contributed by atoms with Crippen LogP contribution in [0.25, 0.3) is 0 Å². The van der Waals surface area contributed by atoms with Crippen LogP contribution in [0.2, 0.25) is 0 Å². The number of nitrogens with one attached hydrogen (secondary N) is 1. The molecule has 0 heterocycles. The molecule has 0 fully saturated rings. The number of alkyl halides is 1. The van der Waals surface area contributed by atoms with E-state index in [1.54, 1.807) is 7.05 Å². The van der Waals surface area contributed by atoms with Gasteiger partial charge in [-0.05, 0) is 12.8 Å². The van der Waals surface area contributed by atoms with Crippen LogP contribution in [0.15, 0.2) is 0 Å². The van der Waals surface area contributed by atoms with E-state index in [-0.39, 0.29) is 5.91 Å². The van der Waals surface area contributed by atoms with Gasteiger partial charge in [0.1, 0.15) is 0 Å². The first-order chi connectivity index (χ1) is 4.31. The monoisotopic (exact) mass is 193 g/mol. The summed E-state index contributed by atoms with van der Waals surface area (Å²) < 4.78 is 0. The van der Waals surface area contributed by atoms with Gasteiger partial charge < -0.3 is 5.32 Å². The molecule has 0 aromatic heterocycles. The average molecular weight is 194 g/mol. The van der Waals surface area contributed by atoms with Crippen molar-refractivity contribution in [1.29, 1.82) is 0 Å². The fourth-order valence-corrected chi connectivity index (χ4v) is 0.902. The molecule has 0 spiro atoms. The van der Waals surface area contributed by atoms with Gasteiger partial charge in [0.25, 0.3) is 0 Å². The molecule has 2 nitrogen and oxygen atoms in total. The Balaban J connectivity index is 2.97. The summed E-state index contributed by atoms with van der Waals surface area (Å²) in [6.45, 7) is 0. The van der Waals surface area contributed by atoms with Gasteiger partial charge in [0.05, 0.1) is 0 Å². The molecule has 0 aromatic carbocycles. The van der Waals surface area contributed by atoms with Gasteiger partial charge in [0.15, 0.2) is 0 Å². The van der Waals surface area contributed by atoms with Crippen molar-refractivity contribution in [1.82, 2.24) is 5.32 Å². The van der Waals surface area contributed by atoms with Crippen molar-refractivity contribution in [2.24, 2.45) is 0 Å². The Kier molecular flexibility index (Phi) is 6.04. The maximum absolute atomic E-state index is 10.6. The Morgan fingerprint density at radius 2 is 2.22 bits per heavy atom. The van der Waals surface area contributed by atoms with Gasteiger partial charge in [-0.15, -0.1) is 0 Å². The number of hydrogen-bond acceptors (Lipinski definition) is 1. The molecule has 1 N–H and O–H groups in total. The highest BCUT2D eigenvalue weighted by Crippen LogP contribution is 1.97. The lowest BCUT2D eigenvalue weighted by atomic mass is 10.2. The molecule has 1 amide bonds. The van der Waals surface area contributed by atoms with Crippen molar-refractivity contribution in [2.75, 3.05) is 12.4 Å². The summed E-state index contributed by atoms with van der Waals surface area (Å²) in [7, 11) is 1.66. The van der Waals surface area contributed by atoms with Crippen molar-refractivity contribution in [3.8, 4) is 0 Å². The van der Waals surface area contributed by atoms with Crippen molar-refractivity contribution >= 4 is 21.8 Å². The number of halogens is 1. The number of carbonyl (C=O) groups excluding carboxylic acids is 1. The van der Waals surface area contributed by atoms with Crippen LogP contribution in [0.3, 0.4) is 0 Å². The van der Waals surface area contributed by atoms with Crippen LogP contribution in [0.4, 0.5) is 0 Å². The predicted molar refractivity (Wildman–Crippen MR) is 41.7 cm³/mol. The van der Waals surface area contributed by atoms with Crippen LogP contribution >= 0.6 is 15.9 Å². The molecule has 0 saturated carbocycles. The lowest BCUT2D eigenvalue weighted by molar-refractivity contribution is -0.120. The topological polar surface area (TPSA) is 29.1 Å².